The van der Waals surface area contributed by atoms with Crippen LogP contribution in [0.1, 0.15) is 31.4 Å². The Hall–Kier alpha value is -0.830. The lowest BCUT2D eigenvalue weighted by atomic mass is 9.85. The van der Waals surface area contributed by atoms with Gasteiger partial charge in [0.1, 0.15) is 6.61 Å². The van der Waals surface area contributed by atoms with Gasteiger partial charge in [-0.25, -0.2) is 0 Å². The molecule has 0 aliphatic heterocycles. The van der Waals surface area contributed by atoms with Gasteiger partial charge in [-0.3, -0.25) is 4.79 Å². The summed E-state index contributed by atoms with van der Waals surface area (Å²) in [4.78, 5) is 10.9. The van der Waals surface area contributed by atoms with Crippen molar-refractivity contribution in [1.29, 1.82) is 0 Å². The van der Waals surface area contributed by atoms with Gasteiger partial charge in [-0.2, -0.15) is 0 Å². The van der Waals surface area contributed by atoms with Crippen LogP contribution in [0.2, 0.25) is 0 Å². The average Bonchev–Trinajstić information content (AvgIpc) is 2.55. The molecule has 0 N–H and O–H groups in total. The Kier molecular flexibility index (Phi) is 3.06. The van der Waals surface area contributed by atoms with E-state index in [1.165, 1.54) is 18.1 Å². The molecule has 0 aromatic heterocycles. The van der Waals surface area contributed by atoms with Crippen LogP contribution in [-0.2, 0) is 21.4 Å². The van der Waals surface area contributed by atoms with E-state index in [-0.39, 0.29) is 11.4 Å². The fraction of sp³-hybridized carbons (Fsp3) is 0.462. The lowest BCUT2D eigenvalue weighted by molar-refractivity contribution is -0.142. The van der Waals surface area contributed by atoms with Gasteiger partial charge in [0.2, 0.25) is 0 Å². The quantitative estimate of drug-likeness (QED) is 0.779. The number of rotatable bonds is 2. The van der Waals surface area contributed by atoms with E-state index in [2.05, 4.69) is 41.1 Å². The third-order valence-electron chi connectivity index (χ3n) is 3.26. The topological polar surface area (TPSA) is 26.3 Å². The molecule has 1 atom stereocenters. The van der Waals surface area contributed by atoms with E-state index < -0.39 is 0 Å². The Labute approximate surface area is 104 Å². The number of carbonyl (C=O) groups is 1. The van der Waals surface area contributed by atoms with Gasteiger partial charge >= 0.3 is 5.97 Å². The summed E-state index contributed by atoms with van der Waals surface area (Å²) in [5.74, 6) is -0.204. The molecule has 0 saturated carbocycles. The van der Waals surface area contributed by atoms with Crippen molar-refractivity contribution in [1.82, 2.24) is 0 Å². The van der Waals surface area contributed by atoms with E-state index in [9.17, 15) is 4.79 Å². The van der Waals surface area contributed by atoms with Crippen molar-refractivity contribution in [3.63, 3.8) is 0 Å². The number of hydrogen-bond acceptors (Lipinski definition) is 2. The molecule has 1 unspecified atom stereocenters. The molecule has 2 rings (SSSR count). The van der Waals surface area contributed by atoms with Crippen molar-refractivity contribution in [2.24, 2.45) is 0 Å². The summed E-state index contributed by atoms with van der Waals surface area (Å²) in [6.45, 7) is 4.10. The predicted octanol–water partition coefficient (Wildman–Crippen LogP) is 3.22. The van der Waals surface area contributed by atoms with E-state index in [1.807, 2.05) is 0 Å². The van der Waals surface area contributed by atoms with Crippen molar-refractivity contribution in [2.45, 2.75) is 32.1 Å². The van der Waals surface area contributed by atoms with Crippen LogP contribution in [0.4, 0.5) is 0 Å². The van der Waals surface area contributed by atoms with Gasteiger partial charge in [-0.05, 0) is 36.1 Å². The highest BCUT2D eigenvalue weighted by molar-refractivity contribution is 9.10. The molecular formula is C13H15BrO2. The number of aryl methyl sites for hydroxylation is 1. The number of esters is 1. The number of benzene rings is 1. The molecule has 86 valence electrons. The van der Waals surface area contributed by atoms with Gasteiger partial charge in [0.05, 0.1) is 0 Å². The molecule has 1 aliphatic rings. The summed E-state index contributed by atoms with van der Waals surface area (Å²) in [5.41, 5.74) is 2.66. The minimum Gasteiger partial charge on any atom is -0.465 e. The van der Waals surface area contributed by atoms with Crippen molar-refractivity contribution >= 4 is 21.9 Å². The van der Waals surface area contributed by atoms with E-state index in [0.717, 1.165) is 17.3 Å². The zero-order valence-electron chi connectivity index (χ0n) is 9.55. The predicted molar refractivity (Wildman–Crippen MR) is 66.4 cm³/mol. The number of fused-ring (bicyclic) bond motifs is 1. The maximum atomic E-state index is 10.9. The number of halogens is 1. The minimum absolute atomic E-state index is 0.0230. The molecule has 0 fully saturated rings. The fourth-order valence-corrected chi connectivity index (χ4v) is 2.65. The molecule has 1 aliphatic carbocycles. The van der Waals surface area contributed by atoms with E-state index in [4.69, 9.17) is 4.74 Å². The van der Waals surface area contributed by atoms with E-state index in [0.29, 0.717) is 6.61 Å². The maximum absolute atomic E-state index is 10.9. The third-order valence-corrected chi connectivity index (χ3v) is 3.76. The highest BCUT2D eigenvalue weighted by Gasteiger charge is 2.35. The van der Waals surface area contributed by atoms with Crippen LogP contribution < -0.4 is 0 Å². The lowest BCUT2D eigenvalue weighted by Crippen LogP contribution is -2.26. The Morgan fingerprint density at radius 3 is 3.00 bits per heavy atom. The van der Waals surface area contributed by atoms with Gasteiger partial charge in [-0.1, -0.05) is 28.9 Å². The first-order chi connectivity index (χ1) is 7.51. The smallest absolute Gasteiger partial charge is 0.302 e. The van der Waals surface area contributed by atoms with Crippen LogP contribution in [0.15, 0.2) is 22.7 Å². The Morgan fingerprint density at radius 2 is 2.31 bits per heavy atom. The third kappa shape index (κ3) is 2.14. The second-order valence-electron chi connectivity index (χ2n) is 4.64. The van der Waals surface area contributed by atoms with Crippen LogP contribution >= 0.6 is 15.9 Å². The molecule has 0 spiro atoms. The van der Waals surface area contributed by atoms with Crippen LogP contribution in [-0.4, -0.2) is 12.6 Å². The molecule has 0 radical (unpaired) electrons. The maximum Gasteiger partial charge on any atom is 0.302 e. The van der Waals surface area contributed by atoms with Crippen LogP contribution in [0.25, 0.3) is 0 Å². The molecule has 2 nitrogen and oxygen atoms in total. The van der Waals surface area contributed by atoms with Gasteiger partial charge in [0, 0.05) is 16.8 Å². The van der Waals surface area contributed by atoms with Gasteiger partial charge in [0.15, 0.2) is 0 Å². The van der Waals surface area contributed by atoms with E-state index >= 15 is 0 Å². The van der Waals surface area contributed by atoms with Crippen molar-refractivity contribution in [3.8, 4) is 0 Å². The lowest BCUT2D eigenvalue weighted by Gasteiger charge is -2.24. The molecule has 16 heavy (non-hydrogen) atoms. The molecule has 0 bridgehead atoms. The molecular weight excluding hydrogens is 268 g/mol. The zero-order valence-corrected chi connectivity index (χ0v) is 11.1. The molecule has 0 saturated heterocycles. The van der Waals surface area contributed by atoms with Crippen molar-refractivity contribution in [3.05, 3.63) is 33.8 Å². The summed E-state index contributed by atoms with van der Waals surface area (Å²) >= 11 is 3.49. The number of ether oxygens (including phenoxy) is 1. The molecule has 0 amide bonds. The highest BCUT2D eigenvalue weighted by atomic mass is 79.9. The summed E-state index contributed by atoms with van der Waals surface area (Å²) in [6, 6.07) is 6.36. The number of hydrogen-bond donors (Lipinski definition) is 0. The van der Waals surface area contributed by atoms with Gasteiger partial charge in [-0.15, -0.1) is 0 Å². The second kappa shape index (κ2) is 4.21. The monoisotopic (exact) mass is 282 g/mol. The SMILES string of the molecule is CC(=O)OCC1(C)CCc2ccc(Br)cc21. The normalized spacial score (nSPS) is 22.9. The highest BCUT2D eigenvalue weighted by Crippen LogP contribution is 2.40. The largest absolute Gasteiger partial charge is 0.465 e. The summed E-state index contributed by atoms with van der Waals surface area (Å²) in [7, 11) is 0. The first kappa shape index (κ1) is 11.6. The molecule has 1 aromatic carbocycles. The first-order valence-electron chi connectivity index (χ1n) is 5.43. The van der Waals surface area contributed by atoms with E-state index in [1.54, 1.807) is 0 Å². The number of carbonyl (C=O) groups excluding carboxylic acids is 1. The van der Waals surface area contributed by atoms with Crippen LogP contribution in [0.5, 0.6) is 0 Å². The Morgan fingerprint density at radius 1 is 1.56 bits per heavy atom. The van der Waals surface area contributed by atoms with Crippen molar-refractivity contribution in [2.75, 3.05) is 6.61 Å². The Balaban J connectivity index is 2.26. The van der Waals surface area contributed by atoms with Crippen LogP contribution in [0.3, 0.4) is 0 Å². The average molecular weight is 283 g/mol. The Bertz CT molecular complexity index is 428. The zero-order chi connectivity index (χ0) is 11.8. The minimum atomic E-state index is -0.204. The summed E-state index contributed by atoms with van der Waals surface area (Å²) in [5, 5.41) is 0. The fourth-order valence-electron chi connectivity index (χ4n) is 2.28. The van der Waals surface area contributed by atoms with Gasteiger partial charge < -0.3 is 4.74 Å². The molecule has 3 heteroatoms. The van der Waals surface area contributed by atoms with Gasteiger partial charge in [0.25, 0.3) is 0 Å². The summed E-state index contributed by atoms with van der Waals surface area (Å²) < 4.78 is 6.26. The van der Waals surface area contributed by atoms with Crippen LogP contribution in [0, 0.1) is 0 Å². The first-order valence-corrected chi connectivity index (χ1v) is 6.23. The molecule has 0 heterocycles. The molecule has 1 aromatic rings. The van der Waals surface area contributed by atoms with Crippen molar-refractivity contribution < 1.29 is 9.53 Å². The summed E-state index contributed by atoms with van der Waals surface area (Å²) in [6.07, 6.45) is 2.12. The standard InChI is InChI=1S/C13H15BrO2/c1-9(15)16-8-13(2)6-5-10-3-4-11(14)7-12(10)13/h3-4,7H,5-6,8H2,1-2H3. The second-order valence-corrected chi connectivity index (χ2v) is 5.56.